The van der Waals surface area contributed by atoms with Gasteiger partial charge in [-0.1, -0.05) is 26.2 Å². The maximum absolute atomic E-state index is 3.71. The number of rotatable bonds is 6. The van der Waals surface area contributed by atoms with Gasteiger partial charge in [0.1, 0.15) is 0 Å². The van der Waals surface area contributed by atoms with E-state index in [1.54, 1.807) is 0 Å². The Hall–Kier alpha value is -0.340. The zero-order chi connectivity index (χ0) is 11.4. The van der Waals surface area contributed by atoms with E-state index in [0.29, 0.717) is 6.04 Å². The molecular weight excluding hydrogens is 214 g/mol. The minimum absolute atomic E-state index is 0.615. The molecule has 0 amide bonds. The molecule has 1 heterocycles. The fourth-order valence-corrected chi connectivity index (χ4v) is 3.29. The number of thiophene rings is 1. The lowest BCUT2D eigenvalue weighted by atomic mass is 9.80. The molecule has 0 bridgehead atoms. The second-order valence-corrected chi connectivity index (χ2v) is 6.31. The van der Waals surface area contributed by atoms with Crippen molar-refractivity contribution in [3.8, 4) is 0 Å². The lowest BCUT2D eigenvalue weighted by Gasteiger charge is -2.29. The van der Waals surface area contributed by atoms with Gasteiger partial charge in [0.05, 0.1) is 0 Å². The molecule has 1 nitrogen and oxygen atoms in total. The van der Waals surface area contributed by atoms with E-state index in [1.807, 2.05) is 11.3 Å². The van der Waals surface area contributed by atoms with Gasteiger partial charge in [0, 0.05) is 15.8 Å². The molecule has 1 aliphatic rings. The highest BCUT2D eigenvalue weighted by Crippen LogP contribution is 2.36. The van der Waals surface area contributed by atoms with E-state index >= 15 is 0 Å². The summed E-state index contributed by atoms with van der Waals surface area (Å²) in [6, 6.07) is 5.18. The zero-order valence-electron chi connectivity index (χ0n) is 10.5. The molecule has 1 saturated carbocycles. The Balaban J connectivity index is 1.95. The van der Waals surface area contributed by atoms with Gasteiger partial charge in [-0.3, -0.25) is 0 Å². The monoisotopic (exact) mass is 237 g/mol. The van der Waals surface area contributed by atoms with Crippen LogP contribution in [0.4, 0.5) is 0 Å². The van der Waals surface area contributed by atoms with Crippen LogP contribution in [-0.4, -0.2) is 6.54 Å². The molecule has 1 aliphatic carbocycles. The third-order valence-corrected chi connectivity index (χ3v) is 4.65. The molecule has 1 unspecified atom stereocenters. The van der Waals surface area contributed by atoms with E-state index in [0.717, 1.165) is 12.5 Å². The normalized spacial score (nSPS) is 18.4. The predicted molar refractivity (Wildman–Crippen MR) is 72.0 cm³/mol. The second kappa shape index (κ2) is 5.83. The SMILES string of the molecule is CCCNC(CC1CCC1)c1ccc(C)s1. The number of nitrogens with one attached hydrogen (secondary N) is 1. The van der Waals surface area contributed by atoms with E-state index in [9.17, 15) is 0 Å². The third-order valence-electron chi connectivity index (χ3n) is 3.54. The first-order valence-corrected chi connectivity index (χ1v) is 7.41. The van der Waals surface area contributed by atoms with Crippen LogP contribution >= 0.6 is 11.3 Å². The second-order valence-electron chi connectivity index (χ2n) is 4.99. The smallest absolute Gasteiger partial charge is 0.0417 e. The molecule has 0 aromatic carbocycles. The van der Waals surface area contributed by atoms with Crippen molar-refractivity contribution in [2.24, 2.45) is 5.92 Å². The van der Waals surface area contributed by atoms with Gasteiger partial charge in [-0.25, -0.2) is 0 Å². The maximum atomic E-state index is 3.71. The summed E-state index contributed by atoms with van der Waals surface area (Å²) < 4.78 is 0. The first-order chi connectivity index (χ1) is 7.79. The molecule has 90 valence electrons. The average Bonchev–Trinajstić information content (AvgIpc) is 2.62. The van der Waals surface area contributed by atoms with Gasteiger partial charge in [-0.05, 0) is 44.4 Å². The van der Waals surface area contributed by atoms with Crippen molar-refractivity contribution in [3.05, 3.63) is 21.9 Å². The fraction of sp³-hybridized carbons (Fsp3) is 0.714. The Morgan fingerprint density at radius 3 is 2.75 bits per heavy atom. The molecule has 16 heavy (non-hydrogen) atoms. The largest absolute Gasteiger partial charge is 0.309 e. The van der Waals surface area contributed by atoms with Gasteiger partial charge < -0.3 is 5.32 Å². The lowest BCUT2D eigenvalue weighted by molar-refractivity contribution is 0.262. The van der Waals surface area contributed by atoms with E-state index in [-0.39, 0.29) is 0 Å². The Labute approximate surface area is 103 Å². The summed E-state index contributed by atoms with van der Waals surface area (Å²) >= 11 is 1.96. The molecule has 0 saturated heterocycles. The Morgan fingerprint density at radius 2 is 2.25 bits per heavy atom. The van der Waals surface area contributed by atoms with E-state index in [1.165, 1.54) is 41.9 Å². The van der Waals surface area contributed by atoms with Crippen LogP contribution in [0.5, 0.6) is 0 Å². The lowest BCUT2D eigenvalue weighted by Crippen LogP contribution is -2.26. The van der Waals surface area contributed by atoms with Crippen molar-refractivity contribution in [1.29, 1.82) is 0 Å². The highest BCUT2D eigenvalue weighted by atomic mass is 32.1. The van der Waals surface area contributed by atoms with Gasteiger partial charge >= 0.3 is 0 Å². The first-order valence-electron chi connectivity index (χ1n) is 6.59. The quantitative estimate of drug-likeness (QED) is 0.778. The third kappa shape index (κ3) is 3.08. The van der Waals surface area contributed by atoms with Crippen LogP contribution in [0, 0.1) is 12.8 Å². The van der Waals surface area contributed by atoms with Gasteiger partial charge in [0.25, 0.3) is 0 Å². The average molecular weight is 237 g/mol. The molecular formula is C14H23NS. The summed E-state index contributed by atoms with van der Waals surface area (Å²) in [6.45, 7) is 5.59. The van der Waals surface area contributed by atoms with Crippen LogP contribution < -0.4 is 5.32 Å². The topological polar surface area (TPSA) is 12.0 Å². The minimum Gasteiger partial charge on any atom is -0.309 e. The van der Waals surface area contributed by atoms with Crippen LogP contribution in [0.1, 0.15) is 54.8 Å². The van der Waals surface area contributed by atoms with Gasteiger partial charge in [0.2, 0.25) is 0 Å². The van der Waals surface area contributed by atoms with E-state index in [4.69, 9.17) is 0 Å². The summed E-state index contributed by atoms with van der Waals surface area (Å²) in [5, 5.41) is 3.71. The van der Waals surface area contributed by atoms with Crippen LogP contribution in [0.2, 0.25) is 0 Å². The van der Waals surface area contributed by atoms with Crippen LogP contribution in [0.15, 0.2) is 12.1 Å². The van der Waals surface area contributed by atoms with E-state index < -0.39 is 0 Å². The summed E-state index contributed by atoms with van der Waals surface area (Å²) in [7, 11) is 0. The summed E-state index contributed by atoms with van der Waals surface area (Å²) in [5.74, 6) is 0.983. The van der Waals surface area contributed by atoms with E-state index in [2.05, 4.69) is 31.3 Å². The molecule has 1 aromatic rings. The number of hydrogen-bond donors (Lipinski definition) is 1. The van der Waals surface area contributed by atoms with Crippen molar-refractivity contribution in [1.82, 2.24) is 5.32 Å². The molecule has 2 rings (SSSR count). The predicted octanol–water partition coefficient (Wildman–Crippen LogP) is 4.29. The van der Waals surface area contributed by atoms with Crippen molar-refractivity contribution < 1.29 is 0 Å². The fourth-order valence-electron chi connectivity index (χ4n) is 2.32. The zero-order valence-corrected chi connectivity index (χ0v) is 11.3. The summed E-state index contributed by atoms with van der Waals surface area (Å²) in [4.78, 5) is 2.98. The first kappa shape index (κ1) is 12.1. The minimum atomic E-state index is 0.615. The molecule has 1 atom stereocenters. The molecule has 2 heteroatoms. The van der Waals surface area contributed by atoms with Gasteiger partial charge in [-0.2, -0.15) is 0 Å². The Bertz CT molecular complexity index is 314. The molecule has 0 radical (unpaired) electrons. The van der Waals surface area contributed by atoms with Crippen LogP contribution in [0.3, 0.4) is 0 Å². The molecule has 1 aromatic heterocycles. The van der Waals surface area contributed by atoms with Crippen molar-refractivity contribution in [2.75, 3.05) is 6.54 Å². The highest BCUT2D eigenvalue weighted by molar-refractivity contribution is 7.12. The number of aryl methyl sites for hydroxylation is 1. The van der Waals surface area contributed by atoms with Gasteiger partial charge in [0.15, 0.2) is 0 Å². The maximum Gasteiger partial charge on any atom is 0.0417 e. The Morgan fingerprint density at radius 1 is 1.44 bits per heavy atom. The van der Waals surface area contributed by atoms with Crippen molar-refractivity contribution in [3.63, 3.8) is 0 Å². The molecule has 1 N–H and O–H groups in total. The molecule has 1 fully saturated rings. The van der Waals surface area contributed by atoms with Gasteiger partial charge in [-0.15, -0.1) is 11.3 Å². The van der Waals surface area contributed by atoms with Crippen molar-refractivity contribution in [2.45, 2.75) is 52.0 Å². The molecule has 0 spiro atoms. The summed E-state index contributed by atoms with van der Waals surface area (Å²) in [6.07, 6.45) is 6.93. The highest BCUT2D eigenvalue weighted by Gasteiger charge is 2.23. The standard InChI is InChI=1S/C14H23NS/c1-3-9-15-13(10-12-5-4-6-12)14-8-7-11(2)16-14/h7-8,12-13,15H,3-6,9-10H2,1-2H3. The van der Waals surface area contributed by atoms with Crippen LogP contribution in [0.25, 0.3) is 0 Å². The molecule has 0 aliphatic heterocycles. The van der Waals surface area contributed by atoms with Crippen LogP contribution in [-0.2, 0) is 0 Å². The van der Waals surface area contributed by atoms with Crippen molar-refractivity contribution >= 4 is 11.3 Å². The summed E-state index contributed by atoms with van der Waals surface area (Å²) in [5.41, 5.74) is 0. The number of hydrogen-bond acceptors (Lipinski definition) is 2. The Kier molecular flexibility index (Phi) is 4.42.